The number of benzene rings is 1. The number of hydrogen-bond acceptors (Lipinski definition) is 3. The van der Waals surface area contributed by atoms with Crippen LogP contribution in [-0.4, -0.2) is 44.3 Å². The normalized spacial score (nSPS) is 11.9. The van der Waals surface area contributed by atoms with E-state index in [0.29, 0.717) is 6.42 Å². The minimum Gasteiger partial charge on any atom is -0.350 e. The van der Waals surface area contributed by atoms with Crippen LogP contribution in [0.3, 0.4) is 0 Å². The second-order valence-electron chi connectivity index (χ2n) is 5.79. The zero-order chi connectivity index (χ0) is 15.6. The Labute approximate surface area is 138 Å². The predicted molar refractivity (Wildman–Crippen MR) is 94.1 cm³/mol. The summed E-state index contributed by atoms with van der Waals surface area (Å²) in [5.74, 6) is -0.0155. The molecule has 2 rings (SSSR count). The Kier molecular flexibility index (Phi) is 6.43. The van der Waals surface area contributed by atoms with Crippen molar-refractivity contribution in [3.63, 3.8) is 0 Å². The van der Waals surface area contributed by atoms with Gasteiger partial charge in [-0.25, -0.2) is 13.6 Å². The molecular formula is C15H24ClN3O2S. The average molecular weight is 346 g/mol. The molecule has 1 aromatic heterocycles. The molecule has 0 aliphatic carbocycles. The fourth-order valence-electron chi connectivity index (χ4n) is 2.48. The van der Waals surface area contributed by atoms with Crippen molar-refractivity contribution < 1.29 is 8.42 Å². The molecule has 0 radical (unpaired) electrons. The van der Waals surface area contributed by atoms with Crippen molar-refractivity contribution in [2.45, 2.75) is 12.8 Å². The van der Waals surface area contributed by atoms with Gasteiger partial charge in [-0.3, -0.25) is 0 Å². The van der Waals surface area contributed by atoms with E-state index in [1.54, 1.807) is 0 Å². The molecule has 1 heterocycles. The number of hydrogen-bond donors (Lipinski definition) is 1. The number of likely N-dealkylation sites (N-methyl/N-ethyl adjacent to an activating group) is 1. The first kappa shape index (κ1) is 19.0. The molecule has 0 aliphatic heterocycles. The number of aromatic nitrogens is 1. The first-order valence-corrected chi connectivity index (χ1v) is 8.70. The topological polar surface area (TPSA) is 68.3 Å². The minimum absolute atomic E-state index is 0. The van der Waals surface area contributed by atoms with Gasteiger partial charge in [0.15, 0.2) is 0 Å². The summed E-state index contributed by atoms with van der Waals surface area (Å²) in [6, 6.07) is 6.11. The number of halogens is 1. The van der Waals surface area contributed by atoms with E-state index >= 15 is 0 Å². The summed E-state index contributed by atoms with van der Waals surface area (Å²) in [5.41, 5.74) is 3.47. The van der Waals surface area contributed by atoms with Crippen molar-refractivity contribution in [3.8, 4) is 0 Å². The van der Waals surface area contributed by atoms with Crippen molar-refractivity contribution in [1.29, 1.82) is 0 Å². The highest BCUT2D eigenvalue weighted by atomic mass is 35.5. The Hall–Kier alpha value is -1.08. The first-order valence-electron chi connectivity index (χ1n) is 6.98. The van der Waals surface area contributed by atoms with E-state index < -0.39 is 10.0 Å². The summed E-state index contributed by atoms with van der Waals surface area (Å²) in [6.45, 7) is 0.987. The van der Waals surface area contributed by atoms with Gasteiger partial charge < -0.3 is 9.47 Å². The largest absolute Gasteiger partial charge is 0.350 e. The molecule has 0 bridgehead atoms. The smallest absolute Gasteiger partial charge is 0.209 e. The summed E-state index contributed by atoms with van der Waals surface area (Å²) >= 11 is 0. The Bertz CT molecular complexity index is 739. The molecule has 0 amide bonds. The average Bonchev–Trinajstić information content (AvgIpc) is 2.70. The Morgan fingerprint density at radius 1 is 1.23 bits per heavy atom. The number of nitrogens with zero attached hydrogens (tertiary/aromatic N) is 2. The summed E-state index contributed by atoms with van der Waals surface area (Å²) < 4.78 is 24.3. The maximum absolute atomic E-state index is 11.1. The summed E-state index contributed by atoms with van der Waals surface area (Å²) in [5, 5.41) is 6.27. The minimum atomic E-state index is -3.41. The van der Waals surface area contributed by atoms with Gasteiger partial charge in [0.25, 0.3) is 0 Å². The summed E-state index contributed by atoms with van der Waals surface area (Å²) in [7, 11) is 2.74. The van der Waals surface area contributed by atoms with Crippen molar-refractivity contribution in [2.75, 3.05) is 26.4 Å². The number of rotatable bonds is 6. The third kappa shape index (κ3) is 4.98. The molecule has 0 unspecified atom stereocenters. The molecule has 0 saturated heterocycles. The summed E-state index contributed by atoms with van der Waals surface area (Å²) in [6.07, 6.45) is 3.58. The van der Waals surface area contributed by atoms with Gasteiger partial charge in [0.05, 0.1) is 5.75 Å². The van der Waals surface area contributed by atoms with Gasteiger partial charge in [0.2, 0.25) is 10.0 Å². The number of fused-ring (bicyclic) bond motifs is 1. The van der Waals surface area contributed by atoms with E-state index in [9.17, 15) is 8.42 Å². The van der Waals surface area contributed by atoms with Gasteiger partial charge >= 0.3 is 0 Å². The van der Waals surface area contributed by atoms with Crippen molar-refractivity contribution in [3.05, 3.63) is 35.5 Å². The molecule has 1 aromatic carbocycles. The van der Waals surface area contributed by atoms with Crippen LogP contribution in [0.4, 0.5) is 0 Å². The van der Waals surface area contributed by atoms with Crippen LogP contribution >= 0.6 is 12.4 Å². The van der Waals surface area contributed by atoms with Crippen molar-refractivity contribution >= 4 is 33.3 Å². The third-order valence-electron chi connectivity index (χ3n) is 3.64. The highest BCUT2D eigenvalue weighted by molar-refractivity contribution is 7.89. The Morgan fingerprint density at radius 2 is 1.91 bits per heavy atom. The van der Waals surface area contributed by atoms with E-state index in [-0.39, 0.29) is 18.2 Å². The molecule has 0 saturated carbocycles. The van der Waals surface area contributed by atoms with Gasteiger partial charge in [-0.15, -0.1) is 12.4 Å². The lowest BCUT2D eigenvalue weighted by Crippen LogP contribution is -2.17. The van der Waals surface area contributed by atoms with E-state index in [4.69, 9.17) is 5.14 Å². The molecule has 0 atom stereocenters. The molecule has 22 heavy (non-hydrogen) atoms. The molecule has 2 N–H and O–H groups in total. The molecule has 0 fully saturated rings. The highest BCUT2D eigenvalue weighted by Crippen LogP contribution is 2.23. The number of nitrogens with two attached hydrogens (primary N) is 1. The second kappa shape index (κ2) is 7.46. The van der Waals surface area contributed by atoms with Crippen LogP contribution in [0.2, 0.25) is 0 Å². The lowest BCUT2D eigenvalue weighted by atomic mass is 10.1. The number of aryl methyl sites for hydroxylation is 2. The van der Waals surface area contributed by atoms with Crippen LogP contribution < -0.4 is 5.14 Å². The van der Waals surface area contributed by atoms with E-state index in [2.05, 4.69) is 35.8 Å². The van der Waals surface area contributed by atoms with Crippen LogP contribution in [0.25, 0.3) is 10.9 Å². The van der Waals surface area contributed by atoms with E-state index in [0.717, 1.165) is 18.5 Å². The molecular weight excluding hydrogens is 322 g/mol. The molecule has 0 spiro atoms. The van der Waals surface area contributed by atoms with Crippen molar-refractivity contribution in [1.82, 2.24) is 9.47 Å². The Morgan fingerprint density at radius 3 is 2.50 bits per heavy atom. The van der Waals surface area contributed by atoms with Gasteiger partial charge in [0, 0.05) is 30.7 Å². The van der Waals surface area contributed by atoms with Crippen LogP contribution in [0.1, 0.15) is 11.1 Å². The van der Waals surface area contributed by atoms with Crippen LogP contribution in [-0.2, 0) is 29.9 Å². The maximum atomic E-state index is 11.1. The summed E-state index contributed by atoms with van der Waals surface area (Å²) in [4.78, 5) is 2.16. The van der Waals surface area contributed by atoms with Gasteiger partial charge in [-0.1, -0.05) is 6.07 Å². The maximum Gasteiger partial charge on any atom is 0.209 e. The van der Waals surface area contributed by atoms with E-state index in [1.807, 2.05) is 19.2 Å². The lowest BCUT2D eigenvalue weighted by molar-refractivity contribution is 0.414. The predicted octanol–water partition coefficient (Wildman–Crippen LogP) is 1.54. The third-order valence-corrected chi connectivity index (χ3v) is 4.41. The molecule has 0 aliphatic rings. The van der Waals surface area contributed by atoms with Crippen LogP contribution in [0, 0.1) is 0 Å². The quantitative estimate of drug-likeness (QED) is 0.863. The number of primary sulfonamides is 1. The Balaban J connectivity index is 0.00000242. The second-order valence-corrected chi connectivity index (χ2v) is 7.52. The lowest BCUT2D eigenvalue weighted by Gasteiger charge is -2.08. The molecule has 7 heteroatoms. The zero-order valence-corrected chi connectivity index (χ0v) is 14.9. The van der Waals surface area contributed by atoms with Crippen LogP contribution in [0.15, 0.2) is 24.4 Å². The SMILES string of the molecule is CN(C)CCc1cn(C)c2ccc(CCS(N)(=O)=O)cc12.Cl. The first-order chi connectivity index (χ1) is 9.76. The van der Waals surface area contributed by atoms with Gasteiger partial charge in [0.1, 0.15) is 0 Å². The van der Waals surface area contributed by atoms with E-state index in [1.165, 1.54) is 16.5 Å². The van der Waals surface area contributed by atoms with Gasteiger partial charge in [-0.05, 0) is 50.2 Å². The molecule has 5 nitrogen and oxygen atoms in total. The molecule has 124 valence electrons. The molecule has 2 aromatic rings. The number of sulfonamides is 1. The fraction of sp³-hybridized carbons (Fsp3) is 0.467. The van der Waals surface area contributed by atoms with Crippen LogP contribution in [0.5, 0.6) is 0 Å². The van der Waals surface area contributed by atoms with Gasteiger partial charge in [-0.2, -0.15) is 0 Å². The standard InChI is InChI=1S/C15H23N3O2S.ClH/c1-17(2)8-6-13-11-18(3)15-5-4-12(10-14(13)15)7-9-21(16,19)20;/h4-5,10-11H,6-9H2,1-3H3,(H2,16,19,20);1H. The highest BCUT2D eigenvalue weighted by Gasteiger charge is 2.09. The fourth-order valence-corrected chi connectivity index (χ4v) is 3.00. The zero-order valence-electron chi connectivity index (χ0n) is 13.2. The van der Waals surface area contributed by atoms with Crippen molar-refractivity contribution in [2.24, 2.45) is 12.2 Å². The monoisotopic (exact) mass is 345 g/mol.